The molecule has 1 aromatic carbocycles. The molecule has 3 aliphatic heterocycles. The molecule has 3 saturated heterocycles. The highest BCUT2D eigenvalue weighted by Crippen LogP contribution is 2.35. The number of carbonyl (C=O) groups is 1. The molecule has 0 aliphatic carbocycles. The first-order chi connectivity index (χ1) is 13.0. The van der Waals surface area contributed by atoms with E-state index in [9.17, 15) is 4.79 Å². The molecule has 1 aromatic rings. The second-order valence-electron chi connectivity index (χ2n) is 7.99. The highest BCUT2D eigenvalue weighted by Gasteiger charge is 2.39. The van der Waals surface area contributed by atoms with E-state index in [1.807, 2.05) is 0 Å². The molecular weight excluding hydrogens is 366 g/mol. The van der Waals surface area contributed by atoms with Crippen LogP contribution in [0.2, 0.25) is 5.02 Å². The van der Waals surface area contributed by atoms with E-state index in [-0.39, 0.29) is 18.1 Å². The molecule has 4 rings (SSSR count). The average molecular weight is 394 g/mol. The summed E-state index contributed by atoms with van der Waals surface area (Å²) in [4.78, 5) is 15.5. The molecule has 0 saturated carbocycles. The monoisotopic (exact) mass is 393 g/mol. The lowest BCUT2D eigenvalue weighted by Gasteiger charge is -2.36. The van der Waals surface area contributed by atoms with Gasteiger partial charge in [0.05, 0.1) is 29.5 Å². The Hall–Kier alpha value is -1.50. The Morgan fingerprint density at radius 2 is 1.89 bits per heavy atom. The van der Waals surface area contributed by atoms with Crippen LogP contribution < -0.4 is 15.8 Å². The number of nitrogens with zero attached hydrogens (tertiary/aromatic N) is 1. The fraction of sp³-hybridized carbons (Fsp3) is 0.650. The van der Waals surface area contributed by atoms with Gasteiger partial charge in [-0.1, -0.05) is 11.6 Å². The molecule has 3 N–H and O–H groups in total. The lowest BCUT2D eigenvalue weighted by atomic mass is 9.97. The SMILES string of the molecule is CN1C2CCC1CC(NC(=O)c1cc(Cl)c(N)cc1OC1CCOCC1)C2. The van der Waals surface area contributed by atoms with E-state index < -0.39 is 0 Å². The minimum Gasteiger partial charge on any atom is -0.489 e. The third-order valence-corrected chi connectivity index (χ3v) is 6.57. The first-order valence-electron chi connectivity index (χ1n) is 9.87. The van der Waals surface area contributed by atoms with Crippen molar-refractivity contribution in [3.8, 4) is 5.75 Å². The Labute approximate surface area is 165 Å². The van der Waals surface area contributed by atoms with Crippen molar-refractivity contribution in [2.45, 2.75) is 62.8 Å². The van der Waals surface area contributed by atoms with Crippen LogP contribution >= 0.6 is 11.6 Å². The van der Waals surface area contributed by atoms with Gasteiger partial charge in [0.2, 0.25) is 0 Å². The molecule has 2 bridgehead atoms. The summed E-state index contributed by atoms with van der Waals surface area (Å²) in [6.07, 6.45) is 6.09. The van der Waals surface area contributed by atoms with E-state index in [2.05, 4.69) is 17.3 Å². The van der Waals surface area contributed by atoms with Crippen LogP contribution in [0.3, 0.4) is 0 Å². The topological polar surface area (TPSA) is 76.8 Å². The summed E-state index contributed by atoms with van der Waals surface area (Å²) >= 11 is 6.20. The van der Waals surface area contributed by atoms with Crippen LogP contribution in [0, 0.1) is 0 Å². The molecule has 3 heterocycles. The van der Waals surface area contributed by atoms with E-state index in [1.54, 1.807) is 12.1 Å². The van der Waals surface area contributed by atoms with Crippen molar-refractivity contribution < 1.29 is 14.3 Å². The molecule has 0 aromatic heterocycles. The summed E-state index contributed by atoms with van der Waals surface area (Å²) < 4.78 is 11.5. The lowest BCUT2D eigenvalue weighted by Crippen LogP contribution is -2.48. The Bertz CT molecular complexity index is 694. The molecule has 3 aliphatic rings. The van der Waals surface area contributed by atoms with E-state index in [0.29, 0.717) is 47.3 Å². The molecule has 148 valence electrons. The molecule has 2 atom stereocenters. The fourth-order valence-electron chi connectivity index (χ4n) is 4.61. The number of fused-ring (bicyclic) bond motifs is 2. The summed E-state index contributed by atoms with van der Waals surface area (Å²) in [7, 11) is 2.19. The quantitative estimate of drug-likeness (QED) is 0.769. The van der Waals surface area contributed by atoms with Gasteiger partial charge in [0.15, 0.2) is 0 Å². The van der Waals surface area contributed by atoms with Gasteiger partial charge >= 0.3 is 0 Å². The number of anilines is 1. The third-order valence-electron chi connectivity index (χ3n) is 6.24. The molecule has 3 fully saturated rings. The van der Waals surface area contributed by atoms with E-state index in [1.165, 1.54) is 12.8 Å². The molecule has 2 unspecified atom stereocenters. The van der Waals surface area contributed by atoms with Crippen molar-refractivity contribution in [2.75, 3.05) is 26.0 Å². The molecule has 7 heteroatoms. The van der Waals surface area contributed by atoms with Crippen LogP contribution in [0.5, 0.6) is 5.75 Å². The number of nitrogens with one attached hydrogen (secondary N) is 1. The van der Waals surface area contributed by atoms with E-state index in [0.717, 1.165) is 25.7 Å². The van der Waals surface area contributed by atoms with Gasteiger partial charge in [-0.2, -0.15) is 0 Å². The van der Waals surface area contributed by atoms with Crippen LogP contribution in [0.4, 0.5) is 5.69 Å². The highest BCUT2D eigenvalue weighted by atomic mass is 35.5. The van der Waals surface area contributed by atoms with Crippen molar-refractivity contribution in [2.24, 2.45) is 0 Å². The largest absolute Gasteiger partial charge is 0.489 e. The minimum absolute atomic E-state index is 0.0325. The van der Waals surface area contributed by atoms with Gasteiger partial charge in [0.25, 0.3) is 5.91 Å². The van der Waals surface area contributed by atoms with Crippen LogP contribution in [-0.2, 0) is 4.74 Å². The van der Waals surface area contributed by atoms with E-state index >= 15 is 0 Å². The fourth-order valence-corrected chi connectivity index (χ4v) is 4.77. The zero-order valence-electron chi connectivity index (χ0n) is 15.7. The Kier molecular flexibility index (Phi) is 5.48. The van der Waals surface area contributed by atoms with Gasteiger partial charge in [-0.15, -0.1) is 0 Å². The zero-order valence-corrected chi connectivity index (χ0v) is 16.5. The third kappa shape index (κ3) is 4.03. The zero-order chi connectivity index (χ0) is 19.0. The Balaban J connectivity index is 1.49. The average Bonchev–Trinajstić information content (AvgIpc) is 2.86. The van der Waals surface area contributed by atoms with Gasteiger partial charge in [0.1, 0.15) is 11.9 Å². The number of benzene rings is 1. The van der Waals surface area contributed by atoms with Gasteiger partial charge in [-0.3, -0.25) is 4.79 Å². The van der Waals surface area contributed by atoms with Crippen molar-refractivity contribution in [3.05, 3.63) is 22.7 Å². The first kappa shape index (κ1) is 18.8. The Morgan fingerprint density at radius 3 is 2.56 bits per heavy atom. The van der Waals surface area contributed by atoms with Gasteiger partial charge in [-0.25, -0.2) is 0 Å². The summed E-state index contributed by atoms with van der Waals surface area (Å²) in [5.74, 6) is 0.380. The standard InChI is InChI=1S/C20H28ClN3O3/c1-24-13-2-3-14(24)9-12(8-13)23-20(25)16-10-17(21)18(22)11-19(16)27-15-4-6-26-7-5-15/h10-15H,2-9,22H2,1H3,(H,23,25). The molecule has 0 spiro atoms. The maximum atomic E-state index is 13.0. The van der Waals surface area contributed by atoms with Crippen LogP contribution in [0.15, 0.2) is 12.1 Å². The number of halogens is 1. The second kappa shape index (κ2) is 7.86. The van der Waals surface area contributed by atoms with Crippen molar-refractivity contribution >= 4 is 23.2 Å². The maximum Gasteiger partial charge on any atom is 0.255 e. The first-order valence-corrected chi connectivity index (χ1v) is 10.2. The van der Waals surface area contributed by atoms with Gasteiger partial charge < -0.3 is 25.4 Å². The Morgan fingerprint density at radius 1 is 1.22 bits per heavy atom. The number of rotatable bonds is 4. The van der Waals surface area contributed by atoms with Crippen LogP contribution in [0.25, 0.3) is 0 Å². The highest BCUT2D eigenvalue weighted by molar-refractivity contribution is 6.33. The number of nitrogen functional groups attached to an aromatic ring is 1. The number of carbonyl (C=O) groups excluding carboxylic acids is 1. The number of hydrogen-bond donors (Lipinski definition) is 2. The predicted molar refractivity (Wildman–Crippen MR) is 105 cm³/mol. The summed E-state index contributed by atoms with van der Waals surface area (Å²) in [6, 6.07) is 4.64. The van der Waals surface area contributed by atoms with Crippen LogP contribution in [-0.4, -0.2) is 55.3 Å². The summed E-state index contributed by atoms with van der Waals surface area (Å²) in [5.41, 5.74) is 6.85. The lowest BCUT2D eigenvalue weighted by molar-refractivity contribution is 0.0252. The van der Waals surface area contributed by atoms with Gasteiger partial charge in [-0.05, 0) is 38.8 Å². The van der Waals surface area contributed by atoms with Crippen molar-refractivity contribution in [3.63, 3.8) is 0 Å². The van der Waals surface area contributed by atoms with E-state index in [4.69, 9.17) is 26.8 Å². The second-order valence-corrected chi connectivity index (χ2v) is 8.40. The summed E-state index contributed by atoms with van der Waals surface area (Å²) in [5, 5.41) is 3.59. The maximum absolute atomic E-state index is 13.0. The molecular formula is C20H28ClN3O3. The number of amides is 1. The van der Waals surface area contributed by atoms with Crippen LogP contribution in [0.1, 0.15) is 48.9 Å². The molecule has 27 heavy (non-hydrogen) atoms. The number of nitrogens with two attached hydrogens (primary N) is 1. The number of hydrogen-bond acceptors (Lipinski definition) is 5. The van der Waals surface area contributed by atoms with Gasteiger partial charge in [0, 0.05) is 37.0 Å². The summed E-state index contributed by atoms with van der Waals surface area (Å²) in [6.45, 7) is 1.35. The molecule has 1 amide bonds. The normalized spacial score (nSPS) is 28.9. The molecule has 6 nitrogen and oxygen atoms in total. The number of piperidine rings is 1. The molecule has 0 radical (unpaired) electrons. The minimum atomic E-state index is -0.132. The predicted octanol–water partition coefficient (Wildman–Crippen LogP) is 2.84. The van der Waals surface area contributed by atoms with Crippen molar-refractivity contribution in [1.82, 2.24) is 10.2 Å². The number of ether oxygens (including phenoxy) is 2. The van der Waals surface area contributed by atoms with Crippen molar-refractivity contribution in [1.29, 1.82) is 0 Å². The smallest absolute Gasteiger partial charge is 0.255 e.